The van der Waals surface area contributed by atoms with Crippen LogP contribution in [0.4, 0.5) is 0 Å². The van der Waals surface area contributed by atoms with E-state index < -0.39 is 0 Å². The van der Waals surface area contributed by atoms with Crippen LogP contribution < -0.4 is 0 Å². The number of rotatable bonds is 3. The third kappa shape index (κ3) is 2.19. The van der Waals surface area contributed by atoms with Crippen LogP contribution in [-0.4, -0.2) is 10.8 Å². The van der Waals surface area contributed by atoms with Gasteiger partial charge in [0.25, 0.3) is 0 Å². The van der Waals surface area contributed by atoms with Crippen molar-refractivity contribution in [1.82, 2.24) is 4.98 Å². The van der Waals surface area contributed by atoms with Crippen LogP contribution in [0.15, 0.2) is 42.6 Å². The Morgan fingerprint density at radius 2 is 2.21 bits per heavy atom. The monoisotopic (exact) mass is 251 g/mol. The zero-order chi connectivity index (χ0) is 13.2. The number of carbonyl (C=O) groups excluding carboxylic acids is 1. The van der Waals surface area contributed by atoms with Gasteiger partial charge in [-0.3, -0.25) is 9.78 Å². The summed E-state index contributed by atoms with van der Waals surface area (Å²) in [6.45, 7) is 1.90. The number of hydrogen-bond acceptors (Lipinski definition) is 2. The van der Waals surface area contributed by atoms with E-state index in [1.807, 2.05) is 37.4 Å². The van der Waals surface area contributed by atoms with E-state index in [-0.39, 0.29) is 5.78 Å². The molecule has 1 aliphatic carbocycles. The summed E-state index contributed by atoms with van der Waals surface area (Å²) >= 11 is 0. The fourth-order valence-corrected chi connectivity index (χ4v) is 2.87. The summed E-state index contributed by atoms with van der Waals surface area (Å²) in [7, 11) is 0. The van der Waals surface area contributed by atoms with Crippen LogP contribution in [-0.2, 0) is 6.42 Å². The molecule has 0 N–H and O–H groups in total. The summed E-state index contributed by atoms with van der Waals surface area (Å²) in [5.74, 6) is 0.557. The molecule has 0 amide bonds. The van der Waals surface area contributed by atoms with Gasteiger partial charge in [0.15, 0.2) is 5.78 Å². The number of hydrogen-bond donors (Lipinski definition) is 0. The zero-order valence-corrected chi connectivity index (χ0v) is 11.1. The van der Waals surface area contributed by atoms with Gasteiger partial charge in [0.1, 0.15) is 0 Å². The molecule has 1 atom stereocenters. The van der Waals surface area contributed by atoms with Crippen molar-refractivity contribution in [2.24, 2.45) is 0 Å². The lowest BCUT2D eigenvalue weighted by atomic mass is 9.94. The molecule has 0 bridgehead atoms. The van der Waals surface area contributed by atoms with E-state index in [0.717, 1.165) is 18.4 Å². The molecule has 1 heterocycles. The highest BCUT2D eigenvalue weighted by Crippen LogP contribution is 2.36. The lowest BCUT2D eigenvalue weighted by molar-refractivity contribution is 0.0988. The van der Waals surface area contributed by atoms with E-state index in [2.05, 4.69) is 17.1 Å². The second-order valence-electron chi connectivity index (χ2n) is 5.04. The summed E-state index contributed by atoms with van der Waals surface area (Å²) in [6.07, 6.45) is 4.59. The van der Waals surface area contributed by atoms with Crippen LogP contribution in [0, 0.1) is 0 Å². The molecule has 19 heavy (non-hydrogen) atoms. The Balaban J connectivity index is 1.98. The van der Waals surface area contributed by atoms with Gasteiger partial charge in [0.05, 0.1) is 5.69 Å². The number of ketones is 1. The Labute approximate surface area is 113 Å². The molecule has 1 unspecified atom stereocenters. The van der Waals surface area contributed by atoms with E-state index in [9.17, 15) is 4.79 Å². The number of benzene rings is 1. The van der Waals surface area contributed by atoms with Gasteiger partial charge in [-0.1, -0.05) is 31.2 Å². The highest BCUT2D eigenvalue weighted by atomic mass is 16.1. The maximum Gasteiger partial charge on any atom is 0.162 e. The standard InChI is InChI=1S/C17H17NO/c1-2-16(19)14-6-3-5-13(11-14)15-9-8-12-7-4-10-18-17(12)15/h3-7,10-11,15H,2,8-9H2,1H3. The topological polar surface area (TPSA) is 30.0 Å². The van der Waals surface area contributed by atoms with Gasteiger partial charge < -0.3 is 0 Å². The summed E-state index contributed by atoms with van der Waals surface area (Å²) in [5.41, 5.74) is 4.57. The molecule has 1 aromatic heterocycles. The van der Waals surface area contributed by atoms with Crippen molar-refractivity contribution in [3.05, 3.63) is 65.0 Å². The minimum absolute atomic E-state index is 0.209. The second kappa shape index (κ2) is 4.96. The number of nitrogens with zero attached hydrogens (tertiary/aromatic N) is 1. The summed E-state index contributed by atoms with van der Waals surface area (Å²) in [6, 6.07) is 12.2. The normalized spacial score (nSPS) is 17.2. The van der Waals surface area contributed by atoms with Gasteiger partial charge in [-0.05, 0) is 36.1 Å². The summed E-state index contributed by atoms with van der Waals surface area (Å²) < 4.78 is 0. The van der Waals surface area contributed by atoms with E-state index in [1.165, 1.54) is 16.8 Å². The first-order valence-electron chi connectivity index (χ1n) is 6.86. The first-order valence-corrected chi connectivity index (χ1v) is 6.86. The molecule has 0 fully saturated rings. The van der Waals surface area contributed by atoms with Crippen LogP contribution >= 0.6 is 0 Å². The molecule has 2 nitrogen and oxygen atoms in total. The predicted molar refractivity (Wildman–Crippen MR) is 75.5 cm³/mol. The van der Waals surface area contributed by atoms with Gasteiger partial charge in [0.2, 0.25) is 0 Å². The highest BCUT2D eigenvalue weighted by Gasteiger charge is 2.25. The largest absolute Gasteiger partial charge is 0.294 e. The Morgan fingerprint density at radius 1 is 1.32 bits per heavy atom. The molecule has 2 heteroatoms. The van der Waals surface area contributed by atoms with E-state index in [0.29, 0.717) is 12.3 Å². The number of pyridine rings is 1. The second-order valence-corrected chi connectivity index (χ2v) is 5.04. The molecule has 96 valence electrons. The fraction of sp³-hybridized carbons (Fsp3) is 0.294. The lowest BCUT2D eigenvalue weighted by Gasteiger charge is -2.12. The van der Waals surface area contributed by atoms with Crippen molar-refractivity contribution in [3.63, 3.8) is 0 Å². The highest BCUT2D eigenvalue weighted by molar-refractivity contribution is 5.96. The molecular formula is C17H17NO. The Morgan fingerprint density at radius 3 is 3.05 bits per heavy atom. The van der Waals surface area contributed by atoms with Gasteiger partial charge in [-0.2, -0.15) is 0 Å². The van der Waals surface area contributed by atoms with Gasteiger partial charge in [-0.25, -0.2) is 0 Å². The third-order valence-corrected chi connectivity index (χ3v) is 3.89. The molecule has 3 rings (SSSR count). The molecule has 0 aliphatic heterocycles. The summed E-state index contributed by atoms with van der Waals surface area (Å²) in [4.78, 5) is 16.3. The Kier molecular flexibility index (Phi) is 3.16. The van der Waals surface area contributed by atoms with E-state index in [4.69, 9.17) is 0 Å². The number of carbonyl (C=O) groups is 1. The molecular weight excluding hydrogens is 234 g/mol. The Bertz CT molecular complexity index is 618. The molecule has 1 aliphatic rings. The van der Waals surface area contributed by atoms with Crippen molar-refractivity contribution in [2.75, 3.05) is 0 Å². The predicted octanol–water partition coefficient (Wildman–Crippen LogP) is 3.75. The minimum atomic E-state index is 0.209. The van der Waals surface area contributed by atoms with Gasteiger partial charge >= 0.3 is 0 Å². The molecule has 2 aromatic rings. The van der Waals surface area contributed by atoms with E-state index in [1.54, 1.807) is 0 Å². The molecule has 0 radical (unpaired) electrons. The SMILES string of the molecule is CCC(=O)c1cccc(C2CCc3cccnc32)c1. The maximum atomic E-state index is 11.8. The number of fused-ring (bicyclic) bond motifs is 1. The van der Waals surface area contributed by atoms with Crippen LogP contribution in [0.1, 0.15) is 52.9 Å². The first kappa shape index (κ1) is 12.1. The van der Waals surface area contributed by atoms with Crippen molar-refractivity contribution in [3.8, 4) is 0 Å². The smallest absolute Gasteiger partial charge is 0.162 e. The first-order chi connectivity index (χ1) is 9.29. The molecule has 0 saturated heterocycles. The minimum Gasteiger partial charge on any atom is -0.294 e. The number of aryl methyl sites for hydroxylation is 1. The van der Waals surface area contributed by atoms with Gasteiger partial charge in [-0.15, -0.1) is 0 Å². The lowest BCUT2D eigenvalue weighted by Crippen LogP contribution is -2.02. The Hall–Kier alpha value is -1.96. The number of aromatic nitrogens is 1. The molecule has 0 saturated carbocycles. The van der Waals surface area contributed by atoms with Crippen molar-refractivity contribution < 1.29 is 4.79 Å². The van der Waals surface area contributed by atoms with Crippen LogP contribution in [0.25, 0.3) is 0 Å². The average Bonchev–Trinajstić information content (AvgIpc) is 2.90. The summed E-state index contributed by atoms with van der Waals surface area (Å²) in [5, 5.41) is 0. The number of Topliss-reactive ketones (excluding diaryl/α,β-unsaturated/α-hetero) is 1. The van der Waals surface area contributed by atoms with Crippen LogP contribution in [0.5, 0.6) is 0 Å². The fourth-order valence-electron chi connectivity index (χ4n) is 2.87. The third-order valence-electron chi connectivity index (χ3n) is 3.89. The van der Waals surface area contributed by atoms with E-state index >= 15 is 0 Å². The zero-order valence-electron chi connectivity index (χ0n) is 11.1. The molecule has 0 spiro atoms. The van der Waals surface area contributed by atoms with Crippen molar-refractivity contribution >= 4 is 5.78 Å². The average molecular weight is 251 g/mol. The quantitative estimate of drug-likeness (QED) is 0.778. The van der Waals surface area contributed by atoms with Crippen molar-refractivity contribution in [2.45, 2.75) is 32.1 Å². The van der Waals surface area contributed by atoms with Gasteiger partial charge in [0, 0.05) is 24.1 Å². The molecule has 1 aromatic carbocycles. The van der Waals surface area contributed by atoms with Crippen LogP contribution in [0.3, 0.4) is 0 Å². The maximum absolute atomic E-state index is 11.8. The van der Waals surface area contributed by atoms with Crippen LogP contribution in [0.2, 0.25) is 0 Å². The van der Waals surface area contributed by atoms with Crippen molar-refractivity contribution in [1.29, 1.82) is 0 Å².